The first-order valence-corrected chi connectivity index (χ1v) is 50.9. The first-order chi connectivity index (χ1) is 70.0. The Kier molecular flexibility index (Phi) is 30.6. The molecule has 143 heavy (non-hydrogen) atoms. The molecule has 2 unspecified atom stereocenters. The maximum Gasteiger partial charge on any atom is 0.330 e. The van der Waals surface area contributed by atoms with E-state index in [1.807, 2.05) is 48.5 Å². The van der Waals surface area contributed by atoms with Crippen LogP contribution in [0.2, 0.25) is 0 Å². The van der Waals surface area contributed by atoms with E-state index in [-0.39, 0.29) is 63.1 Å². The second-order valence-electron chi connectivity index (χ2n) is 34.0. The van der Waals surface area contributed by atoms with E-state index in [0.29, 0.717) is 23.0 Å². The van der Waals surface area contributed by atoms with Crippen LogP contribution in [0.15, 0.2) is 438 Å². The predicted octanol–water partition coefficient (Wildman–Crippen LogP) is 27.4. The Labute approximate surface area is 848 Å². The zero-order chi connectivity index (χ0) is 98.8. The highest BCUT2D eigenvalue weighted by atomic mass is 32.2. The van der Waals surface area contributed by atoms with Crippen LogP contribution in [0.25, 0.3) is 87.2 Å². The molecule has 0 radical (unpaired) electrons. The molecule has 3 aliphatic carbocycles. The zero-order valence-electron chi connectivity index (χ0n) is 78.5. The van der Waals surface area contributed by atoms with Crippen LogP contribution in [0.4, 0.5) is 0 Å². The molecule has 17 aromatic rings. The number of rotatable bonds is 36. The fourth-order valence-electron chi connectivity index (χ4n) is 19.7. The Hall–Kier alpha value is -15.7. The van der Waals surface area contributed by atoms with Crippen LogP contribution in [0.1, 0.15) is 66.8 Å². The van der Waals surface area contributed by atoms with Crippen LogP contribution in [-0.2, 0) is 64.0 Å². The van der Waals surface area contributed by atoms with E-state index in [2.05, 4.69) is 343 Å². The Morgan fingerprint density at radius 2 is 0.462 bits per heavy atom. The average Bonchev–Trinajstić information content (AvgIpc) is 1.54. The molecule has 0 fully saturated rings. The lowest BCUT2D eigenvalue weighted by Gasteiger charge is -2.34. The topological polar surface area (TPSA) is 176 Å². The Morgan fingerprint density at radius 1 is 0.217 bits per heavy atom. The normalized spacial score (nSPS) is 13.9. The molecule has 0 amide bonds. The summed E-state index contributed by atoms with van der Waals surface area (Å²) in [5, 5.41) is 11.4. The van der Waals surface area contributed by atoms with Crippen LogP contribution in [0.5, 0.6) is 23.0 Å². The smallest absolute Gasteiger partial charge is 0.330 e. The first kappa shape index (κ1) is 97.5. The van der Waals surface area contributed by atoms with E-state index in [9.17, 15) is 28.8 Å². The summed E-state index contributed by atoms with van der Waals surface area (Å²) in [6, 6.07) is 125. The average molecular weight is 1950 g/mol. The lowest BCUT2D eigenvalue weighted by Crippen LogP contribution is -2.28. The number of thioether (sulfide) groups is 4. The molecule has 17 aromatic carbocycles. The summed E-state index contributed by atoms with van der Waals surface area (Å²) in [4.78, 5) is 71.2. The summed E-state index contributed by atoms with van der Waals surface area (Å²) < 4.78 is 43.8. The van der Waals surface area contributed by atoms with Crippen molar-refractivity contribution in [2.45, 2.75) is 26.0 Å². The van der Waals surface area contributed by atoms with Crippen LogP contribution in [-0.4, -0.2) is 110 Å². The van der Waals surface area contributed by atoms with Gasteiger partial charge in [0.25, 0.3) is 0 Å². The minimum Gasteiger partial charge on any atom is -0.490 e. The summed E-state index contributed by atoms with van der Waals surface area (Å²) in [5.74, 6) is 4.08. The summed E-state index contributed by atoms with van der Waals surface area (Å²) in [6.07, 6.45) is 7.31. The number of carbonyl (C=O) groups is 6. The number of carbonyl (C=O) groups excluding carboxylic acids is 6. The molecule has 708 valence electrons. The van der Waals surface area contributed by atoms with Crippen molar-refractivity contribution in [2.75, 3.05) is 75.9 Å². The highest BCUT2D eigenvalue weighted by Gasteiger charge is 2.50. The van der Waals surface area contributed by atoms with Gasteiger partial charge >= 0.3 is 23.9 Å². The number of fused-ring (bicyclic) bond motifs is 14. The molecule has 0 spiro atoms. The van der Waals surface area contributed by atoms with Gasteiger partial charge in [-0.15, -0.1) is 23.5 Å². The molecule has 0 saturated carbocycles. The van der Waals surface area contributed by atoms with Crippen LogP contribution >= 0.6 is 47.0 Å². The molecular formula is C125H100O14S4. The molecule has 0 N–H and O–H groups in total. The van der Waals surface area contributed by atoms with E-state index < -0.39 is 40.1 Å². The standard InChI is InChI=1S/2C43H34O6.C39H32O2S4/c2*1-3-41(44)48-23-21-46-35-19-16-33(17-20-35)43(34-15-13-32-26-36(18-14-31(32)25-34)47-22-24-49-42(45)4-2)39-12-8-7-11-37(39)38-27-29-9-5-6-10-30(29)28-40(38)43;1-3-37(40)44-23-21-42-31-17-13-29(14-18-31)39(30-15-19-32(20-16-30)43-22-24-45-38(41)4-2)35-12-8-7-11-33(35)34-25-27-9-5-6-10-28(27)26-36(34)39/h2*3-20,25-28H,1-2,21-24H2;3-20,25-26H,1-2,21-24H2. The third kappa shape index (κ3) is 20.5. The van der Waals surface area contributed by atoms with Gasteiger partial charge in [-0.2, -0.15) is 0 Å². The lowest BCUT2D eigenvalue weighted by molar-refractivity contribution is -0.139. The molecule has 18 heteroatoms. The number of ether oxygens (including phenoxy) is 8. The first-order valence-electron chi connectivity index (χ1n) is 47.0. The maximum absolute atomic E-state index is 11.6. The molecule has 20 rings (SSSR count). The Morgan fingerprint density at radius 3 is 0.769 bits per heavy atom. The van der Waals surface area contributed by atoms with Gasteiger partial charge < -0.3 is 37.9 Å². The quantitative estimate of drug-likeness (QED) is 0.0119. The maximum atomic E-state index is 11.6. The van der Waals surface area contributed by atoms with Crippen molar-refractivity contribution in [3.63, 3.8) is 0 Å². The number of benzene rings is 17. The second kappa shape index (κ2) is 44.8. The number of esters is 4. The summed E-state index contributed by atoms with van der Waals surface area (Å²) >= 11 is 6.16. The molecule has 14 nitrogen and oxygen atoms in total. The minimum absolute atomic E-state index is 0.0186. The Bertz CT molecular complexity index is 7370. The third-order valence-electron chi connectivity index (χ3n) is 26.0. The third-order valence-corrected chi connectivity index (χ3v) is 30.2. The van der Waals surface area contributed by atoms with Gasteiger partial charge in [-0.25, -0.2) is 19.2 Å². The molecule has 0 aromatic heterocycles. The van der Waals surface area contributed by atoms with Gasteiger partial charge in [-0.1, -0.05) is 294 Å². The van der Waals surface area contributed by atoms with Crippen molar-refractivity contribution in [2.24, 2.45) is 0 Å². The van der Waals surface area contributed by atoms with Gasteiger partial charge in [-0.05, 0) is 287 Å². The fraction of sp³-hybridized carbons (Fsp3) is 0.120. The van der Waals surface area contributed by atoms with Crippen LogP contribution < -0.4 is 18.9 Å². The van der Waals surface area contributed by atoms with Crippen molar-refractivity contribution in [3.05, 3.63) is 495 Å². The molecule has 0 aliphatic heterocycles. The van der Waals surface area contributed by atoms with Crippen molar-refractivity contribution < 1.29 is 66.7 Å². The van der Waals surface area contributed by atoms with Crippen molar-refractivity contribution in [1.29, 1.82) is 0 Å². The largest absolute Gasteiger partial charge is 0.490 e. The van der Waals surface area contributed by atoms with Gasteiger partial charge in [0.05, 0.1) is 16.2 Å². The highest BCUT2D eigenvalue weighted by Crippen LogP contribution is 2.61. The minimum atomic E-state index is -0.619. The van der Waals surface area contributed by atoms with Gasteiger partial charge in [-0.3, -0.25) is 9.59 Å². The molecule has 3 aliphatic rings. The highest BCUT2D eigenvalue weighted by molar-refractivity contribution is 8.15. The Balaban J connectivity index is 0.000000142. The molecule has 2 atom stereocenters. The van der Waals surface area contributed by atoms with Crippen molar-refractivity contribution in [1.82, 2.24) is 0 Å². The van der Waals surface area contributed by atoms with Crippen molar-refractivity contribution >= 4 is 135 Å². The van der Waals surface area contributed by atoms with Gasteiger partial charge in [0.1, 0.15) is 75.9 Å². The van der Waals surface area contributed by atoms with Gasteiger partial charge in [0.2, 0.25) is 10.2 Å². The molecular weight excluding hydrogens is 1850 g/mol. The van der Waals surface area contributed by atoms with E-state index in [1.165, 1.54) is 156 Å². The van der Waals surface area contributed by atoms with Crippen LogP contribution in [0.3, 0.4) is 0 Å². The number of hydrogen-bond acceptors (Lipinski definition) is 18. The summed E-state index contributed by atoms with van der Waals surface area (Å²) in [6.45, 7) is 22.3. The second-order valence-corrected chi connectivity index (χ2v) is 38.5. The predicted molar refractivity (Wildman–Crippen MR) is 582 cm³/mol. The monoisotopic (exact) mass is 1950 g/mol. The van der Waals surface area contributed by atoms with E-state index in [1.54, 1.807) is 23.5 Å². The lowest BCUT2D eigenvalue weighted by atomic mass is 9.67. The van der Waals surface area contributed by atoms with Gasteiger partial charge in [0.15, 0.2) is 0 Å². The van der Waals surface area contributed by atoms with Gasteiger partial charge in [0, 0.05) is 57.1 Å². The molecule has 0 saturated heterocycles. The fourth-order valence-corrected chi connectivity index (χ4v) is 22.8. The van der Waals surface area contributed by atoms with E-state index in [0.717, 1.165) is 91.1 Å². The summed E-state index contributed by atoms with van der Waals surface area (Å²) in [5.41, 5.74) is 20.0. The van der Waals surface area contributed by atoms with Crippen molar-refractivity contribution in [3.8, 4) is 56.4 Å². The number of hydrogen-bond donors (Lipinski definition) is 0. The molecule has 0 heterocycles. The summed E-state index contributed by atoms with van der Waals surface area (Å²) in [7, 11) is 0. The van der Waals surface area contributed by atoms with E-state index >= 15 is 0 Å². The zero-order valence-corrected chi connectivity index (χ0v) is 81.8. The van der Waals surface area contributed by atoms with E-state index in [4.69, 9.17) is 37.9 Å². The van der Waals surface area contributed by atoms with Crippen LogP contribution in [0, 0.1) is 0 Å². The SMILES string of the molecule is C=CC(=O)OCCOc1ccc(C2(c3ccc4cc(OCCOC(=O)C=C)ccc4c3)c3ccccc3-c3cc4ccccc4cc32)cc1.C=CC(=O)OCCOc1ccc(C2(c3ccc4cc(OCCOC(=O)C=C)ccc4c3)c3ccccc3-c3cc4ccccc4cc32)cc1.C=CC(=O)SCCSc1ccc(C2(c3ccc(SCCSC(=O)C=C)cc3)c3ccccc3-c3cc4ccccc4cc32)cc1. The molecule has 0 bridgehead atoms.